The molecule has 2 N–H and O–H groups in total. The highest BCUT2D eigenvalue weighted by Crippen LogP contribution is 2.33. The van der Waals surface area contributed by atoms with Crippen molar-refractivity contribution in [2.45, 2.75) is 12.5 Å². The molecule has 1 aromatic rings. The van der Waals surface area contributed by atoms with Gasteiger partial charge in [0.05, 0.1) is 6.54 Å². The highest BCUT2D eigenvalue weighted by molar-refractivity contribution is 5.70. The summed E-state index contributed by atoms with van der Waals surface area (Å²) in [5.41, 5.74) is -0.138. The van der Waals surface area contributed by atoms with Gasteiger partial charge in [0, 0.05) is 5.56 Å². The number of alkyl carbamates (subject to hydrolysis) is 1. The summed E-state index contributed by atoms with van der Waals surface area (Å²) in [6.45, 7) is 2.14. The first-order valence-electron chi connectivity index (χ1n) is 4.37. The number of amides is 1. The molecule has 1 aliphatic rings. The summed E-state index contributed by atoms with van der Waals surface area (Å²) >= 11 is 0. The summed E-state index contributed by atoms with van der Waals surface area (Å²) in [6.07, 6.45) is -0.448. The Bertz CT molecular complexity index is 377. The second kappa shape index (κ2) is 2.90. The standard InChI is InChI=1S/C10H11NO3/c1-10(6-11-9(13)14-10)7-4-2-3-5-8(7)12/h2-5,12H,6H2,1H3,(H,11,13). The molecule has 1 aromatic carbocycles. The van der Waals surface area contributed by atoms with Crippen LogP contribution >= 0.6 is 0 Å². The molecule has 2 rings (SSSR count). The van der Waals surface area contributed by atoms with Gasteiger partial charge in [-0.25, -0.2) is 4.79 Å². The summed E-state index contributed by atoms with van der Waals surface area (Å²) in [6, 6.07) is 6.85. The number of phenols is 1. The zero-order valence-electron chi connectivity index (χ0n) is 7.78. The fourth-order valence-corrected chi connectivity index (χ4v) is 1.59. The number of ether oxygens (including phenoxy) is 1. The van der Waals surface area contributed by atoms with E-state index in [0.29, 0.717) is 12.1 Å². The van der Waals surface area contributed by atoms with Crippen LogP contribution in [0.3, 0.4) is 0 Å². The van der Waals surface area contributed by atoms with Crippen molar-refractivity contribution in [3.05, 3.63) is 29.8 Å². The monoisotopic (exact) mass is 193 g/mol. The van der Waals surface area contributed by atoms with Gasteiger partial charge >= 0.3 is 6.09 Å². The van der Waals surface area contributed by atoms with Gasteiger partial charge in [-0.2, -0.15) is 0 Å². The topological polar surface area (TPSA) is 58.6 Å². The maximum absolute atomic E-state index is 10.9. The molecule has 0 aromatic heterocycles. The van der Waals surface area contributed by atoms with Gasteiger partial charge in [-0.15, -0.1) is 0 Å². The minimum atomic E-state index is -0.761. The van der Waals surface area contributed by atoms with Gasteiger partial charge in [-0.1, -0.05) is 18.2 Å². The predicted octanol–water partition coefficient (Wildman–Crippen LogP) is 1.35. The average Bonchev–Trinajstić information content (AvgIpc) is 2.48. The molecule has 4 heteroatoms. The van der Waals surface area contributed by atoms with E-state index >= 15 is 0 Å². The summed E-state index contributed by atoms with van der Waals surface area (Å²) in [5, 5.41) is 12.2. The van der Waals surface area contributed by atoms with Crippen LogP contribution in [0.25, 0.3) is 0 Å². The molecule has 0 bridgehead atoms. The normalized spacial score (nSPS) is 25.6. The molecule has 0 radical (unpaired) electrons. The highest BCUT2D eigenvalue weighted by Gasteiger charge is 2.38. The Morgan fingerprint density at radius 2 is 2.21 bits per heavy atom. The lowest BCUT2D eigenvalue weighted by Gasteiger charge is -2.22. The SMILES string of the molecule is CC1(c2ccccc2O)CNC(=O)O1. The van der Waals surface area contributed by atoms with Crippen molar-refractivity contribution in [3.63, 3.8) is 0 Å². The Morgan fingerprint density at radius 1 is 1.50 bits per heavy atom. The van der Waals surface area contributed by atoms with Crippen LogP contribution in [0.5, 0.6) is 5.75 Å². The van der Waals surface area contributed by atoms with Crippen LogP contribution in [0, 0.1) is 0 Å². The van der Waals surface area contributed by atoms with Crippen LogP contribution < -0.4 is 5.32 Å². The average molecular weight is 193 g/mol. The van der Waals surface area contributed by atoms with E-state index in [2.05, 4.69) is 5.32 Å². The van der Waals surface area contributed by atoms with E-state index in [4.69, 9.17) is 4.74 Å². The molecule has 1 amide bonds. The van der Waals surface area contributed by atoms with Crippen LogP contribution in [0.4, 0.5) is 4.79 Å². The predicted molar refractivity (Wildman–Crippen MR) is 49.9 cm³/mol. The van der Waals surface area contributed by atoms with Crippen molar-refractivity contribution in [2.24, 2.45) is 0 Å². The number of hydrogen-bond acceptors (Lipinski definition) is 3. The number of hydrogen-bond donors (Lipinski definition) is 2. The Morgan fingerprint density at radius 3 is 2.79 bits per heavy atom. The van der Waals surface area contributed by atoms with E-state index in [1.807, 2.05) is 0 Å². The zero-order valence-corrected chi connectivity index (χ0v) is 7.78. The van der Waals surface area contributed by atoms with Crippen molar-refractivity contribution in [2.75, 3.05) is 6.54 Å². The van der Waals surface area contributed by atoms with Gasteiger partial charge in [0.25, 0.3) is 0 Å². The summed E-state index contributed by atoms with van der Waals surface area (Å²) < 4.78 is 5.11. The smallest absolute Gasteiger partial charge is 0.408 e. The molecular weight excluding hydrogens is 182 g/mol. The number of phenolic OH excluding ortho intramolecular Hbond substituents is 1. The number of aromatic hydroxyl groups is 1. The fourth-order valence-electron chi connectivity index (χ4n) is 1.59. The highest BCUT2D eigenvalue weighted by atomic mass is 16.6. The first-order chi connectivity index (χ1) is 6.62. The van der Waals surface area contributed by atoms with Crippen molar-refractivity contribution < 1.29 is 14.6 Å². The van der Waals surface area contributed by atoms with Gasteiger partial charge in [-0.05, 0) is 13.0 Å². The Hall–Kier alpha value is -1.71. The van der Waals surface area contributed by atoms with Crippen molar-refractivity contribution in [1.82, 2.24) is 5.32 Å². The first-order valence-corrected chi connectivity index (χ1v) is 4.37. The van der Waals surface area contributed by atoms with E-state index in [0.717, 1.165) is 0 Å². The summed E-state index contributed by atoms with van der Waals surface area (Å²) in [5.74, 6) is 0.145. The molecular formula is C10H11NO3. The lowest BCUT2D eigenvalue weighted by atomic mass is 9.95. The van der Waals surface area contributed by atoms with E-state index in [1.54, 1.807) is 31.2 Å². The number of nitrogens with one attached hydrogen (secondary N) is 1. The van der Waals surface area contributed by atoms with E-state index < -0.39 is 11.7 Å². The Kier molecular flexibility index (Phi) is 1.84. The molecule has 1 heterocycles. The van der Waals surface area contributed by atoms with E-state index in [9.17, 15) is 9.90 Å². The molecule has 0 saturated carbocycles. The van der Waals surface area contributed by atoms with Crippen LogP contribution in [0.15, 0.2) is 24.3 Å². The van der Waals surface area contributed by atoms with Crippen molar-refractivity contribution in [3.8, 4) is 5.75 Å². The van der Waals surface area contributed by atoms with Crippen LogP contribution in [0.1, 0.15) is 12.5 Å². The fraction of sp³-hybridized carbons (Fsp3) is 0.300. The maximum Gasteiger partial charge on any atom is 0.408 e. The molecule has 74 valence electrons. The lowest BCUT2D eigenvalue weighted by molar-refractivity contribution is 0.0685. The van der Waals surface area contributed by atoms with Gasteiger partial charge in [0.1, 0.15) is 5.75 Å². The minimum absolute atomic E-state index is 0.145. The molecule has 14 heavy (non-hydrogen) atoms. The summed E-state index contributed by atoms with van der Waals surface area (Å²) in [4.78, 5) is 10.9. The molecule has 1 unspecified atom stereocenters. The second-order valence-electron chi connectivity index (χ2n) is 3.49. The van der Waals surface area contributed by atoms with Crippen LogP contribution in [-0.2, 0) is 10.3 Å². The third-order valence-corrected chi connectivity index (χ3v) is 2.36. The number of carbonyl (C=O) groups is 1. The minimum Gasteiger partial charge on any atom is -0.508 e. The number of cyclic esters (lactones) is 1. The van der Waals surface area contributed by atoms with Crippen molar-refractivity contribution in [1.29, 1.82) is 0 Å². The van der Waals surface area contributed by atoms with Crippen LogP contribution in [0.2, 0.25) is 0 Å². The Labute approximate surface area is 81.5 Å². The molecule has 1 saturated heterocycles. The molecule has 4 nitrogen and oxygen atoms in total. The van der Waals surface area contributed by atoms with Gasteiger partial charge in [-0.3, -0.25) is 0 Å². The molecule has 1 fully saturated rings. The van der Waals surface area contributed by atoms with Gasteiger partial charge in [0.15, 0.2) is 5.60 Å². The second-order valence-corrected chi connectivity index (χ2v) is 3.49. The number of benzene rings is 1. The summed E-state index contributed by atoms with van der Waals surface area (Å²) in [7, 11) is 0. The largest absolute Gasteiger partial charge is 0.508 e. The Balaban J connectivity index is 2.40. The third kappa shape index (κ3) is 1.28. The van der Waals surface area contributed by atoms with E-state index in [1.165, 1.54) is 0 Å². The number of para-hydroxylation sites is 1. The first kappa shape index (κ1) is 8.87. The number of rotatable bonds is 1. The maximum atomic E-state index is 10.9. The quantitative estimate of drug-likeness (QED) is 0.707. The number of carbonyl (C=O) groups excluding carboxylic acids is 1. The van der Waals surface area contributed by atoms with Gasteiger partial charge < -0.3 is 15.2 Å². The van der Waals surface area contributed by atoms with Crippen LogP contribution in [-0.4, -0.2) is 17.7 Å². The molecule has 0 spiro atoms. The molecule has 0 aliphatic carbocycles. The van der Waals surface area contributed by atoms with Gasteiger partial charge in [0.2, 0.25) is 0 Å². The zero-order chi connectivity index (χ0) is 10.2. The van der Waals surface area contributed by atoms with Crippen molar-refractivity contribution >= 4 is 6.09 Å². The molecule has 1 atom stereocenters. The third-order valence-electron chi connectivity index (χ3n) is 2.36. The molecule has 1 aliphatic heterocycles. The van der Waals surface area contributed by atoms with E-state index in [-0.39, 0.29) is 5.75 Å². The lowest BCUT2D eigenvalue weighted by Crippen LogP contribution is -2.26.